The second-order valence-corrected chi connectivity index (χ2v) is 4.48. The third-order valence-electron chi connectivity index (χ3n) is 0.289. The summed E-state index contributed by atoms with van der Waals surface area (Å²) < 4.78 is 7.83. The first-order chi connectivity index (χ1) is 2.41. The van der Waals surface area contributed by atoms with Crippen molar-refractivity contribution in [1.82, 2.24) is 4.65 Å². The van der Waals surface area contributed by atoms with Gasteiger partial charge in [0.05, 0.1) is 10.4 Å². The van der Waals surface area contributed by atoms with E-state index in [9.17, 15) is 0 Å². The minimum absolute atomic E-state index is 0.256. The van der Waals surface area contributed by atoms with Gasteiger partial charge in [-0.15, -0.1) is 0 Å². The topological polar surface area (TPSA) is 21.3 Å². The molecule has 0 aliphatic rings. The molecule has 0 unspecified atom stereocenters. The van der Waals surface area contributed by atoms with E-state index in [1.54, 1.807) is 7.11 Å². The fourth-order valence-corrected chi connectivity index (χ4v) is 1.30. The molecule has 0 aromatic heterocycles. The monoisotopic (exact) mass is 107 g/mol. The van der Waals surface area contributed by atoms with Crippen LogP contribution < -0.4 is 4.65 Å². The zero-order chi connectivity index (χ0) is 4.12. The van der Waals surface area contributed by atoms with Crippen LogP contribution in [0.15, 0.2) is 0 Å². The van der Waals surface area contributed by atoms with Gasteiger partial charge in [0.1, 0.15) is 0 Å². The van der Waals surface area contributed by atoms with E-state index in [0.717, 1.165) is 10.4 Å². The molecule has 0 aromatic carbocycles. The van der Waals surface area contributed by atoms with Crippen LogP contribution in [0, 0.1) is 0 Å². The Balaban J connectivity index is 2.19. The van der Waals surface area contributed by atoms with Crippen LogP contribution in [0.25, 0.3) is 0 Å². The van der Waals surface area contributed by atoms with Gasteiger partial charge in [0, 0.05) is 7.11 Å². The molecule has 0 saturated carbocycles. The molecule has 0 radical (unpaired) electrons. The number of nitrogens with one attached hydrogen (secondary N) is 1. The normalized spacial score (nSPS) is 11.4. The Morgan fingerprint density at radius 3 is 2.60 bits per heavy atom. The van der Waals surface area contributed by atoms with Crippen molar-refractivity contribution in [1.29, 1.82) is 0 Å². The summed E-state index contributed by atoms with van der Waals surface area (Å²) in [5.41, 5.74) is 0. The fourth-order valence-electron chi connectivity index (χ4n) is 0.144. The summed E-state index contributed by atoms with van der Waals surface area (Å²) in [6, 6.07) is 0. The van der Waals surface area contributed by atoms with Crippen molar-refractivity contribution in [2.45, 2.75) is 0 Å². The van der Waals surface area contributed by atoms with Crippen molar-refractivity contribution in [2.75, 3.05) is 7.11 Å². The third kappa shape index (κ3) is 4.35. The largest absolute Gasteiger partial charge is 0.412 e. The van der Waals surface area contributed by atoms with Crippen molar-refractivity contribution in [3.63, 3.8) is 0 Å². The van der Waals surface area contributed by atoms with Crippen LogP contribution in [0.3, 0.4) is 0 Å². The van der Waals surface area contributed by atoms with Crippen molar-refractivity contribution in [3.05, 3.63) is 0 Å². The SMILES string of the molecule is CO[SiH2]N[SiH3]. The van der Waals surface area contributed by atoms with Gasteiger partial charge in [0.2, 0.25) is 9.92 Å². The maximum absolute atomic E-state index is 4.75. The first-order valence-corrected chi connectivity index (χ1v) is 3.83. The number of hydrogen-bond donors (Lipinski definition) is 1. The average molecular weight is 107 g/mol. The lowest BCUT2D eigenvalue weighted by Crippen LogP contribution is -2.15. The molecule has 0 aliphatic carbocycles. The van der Waals surface area contributed by atoms with E-state index in [2.05, 4.69) is 4.65 Å². The molecule has 4 heteroatoms. The van der Waals surface area contributed by atoms with Crippen molar-refractivity contribution < 1.29 is 4.43 Å². The molecular weight excluding hydrogens is 98.2 g/mol. The van der Waals surface area contributed by atoms with Crippen LogP contribution in [-0.2, 0) is 4.43 Å². The third-order valence-corrected chi connectivity index (χ3v) is 1.73. The highest BCUT2D eigenvalue weighted by molar-refractivity contribution is 6.35. The van der Waals surface area contributed by atoms with Gasteiger partial charge in [0.15, 0.2) is 0 Å². The quantitative estimate of drug-likeness (QED) is 0.394. The Morgan fingerprint density at radius 1 is 2.00 bits per heavy atom. The Hall–Kier alpha value is 0.354. The Morgan fingerprint density at radius 2 is 2.60 bits per heavy atom. The highest BCUT2D eigenvalue weighted by Gasteiger charge is 1.65. The summed E-state index contributed by atoms with van der Waals surface area (Å²) in [5, 5.41) is 0. The summed E-state index contributed by atoms with van der Waals surface area (Å²) in [7, 11) is 2.56. The second-order valence-electron chi connectivity index (χ2n) is 0.787. The van der Waals surface area contributed by atoms with Crippen molar-refractivity contribution in [2.24, 2.45) is 0 Å². The van der Waals surface area contributed by atoms with Gasteiger partial charge in [-0.3, -0.25) is 0 Å². The molecule has 1 N–H and O–H groups in total. The summed E-state index contributed by atoms with van der Waals surface area (Å²) in [5.74, 6) is 0. The average Bonchev–Trinajstić information content (AvgIpc) is 1.41. The summed E-state index contributed by atoms with van der Waals surface area (Å²) in [6.07, 6.45) is 0. The van der Waals surface area contributed by atoms with E-state index in [1.165, 1.54) is 0 Å². The van der Waals surface area contributed by atoms with E-state index in [1.807, 2.05) is 0 Å². The summed E-state index contributed by atoms with van der Waals surface area (Å²) in [4.78, 5) is 0. The zero-order valence-corrected chi connectivity index (χ0v) is 7.03. The van der Waals surface area contributed by atoms with Crippen molar-refractivity contribution in [3.8, 4) is 0 Å². The zero-order valence-electron chi connectivity index (χ0n) is 3.62. The van der Waals surface area contributed by atoms with E-state index in [-0.39, 0.29) is 9.92 Å². The first-order valence-electron chi connectivity index (χ1n) is 1.55. The molecule has 0 rings (SSSR count). The molecule has 0 bridgehead atoms. The highest BCUT2D eigenvalue weighted by Crippen LogP contribution is 1.42. The van der Waals surface area contributed by atoms with Crippen LogP contribution in [-0.4, -0.2) is 27.4 Å². The van der Waals surface area contributed by atoms with Gasteiger partial charge in [0.25, 0.3) is 0 Å². The number of hydrogen-bond acceptors (Lipinski definition) is 2. The van der Waals surface area contributed by atoms with Crippen LogP contribution in [0.2, 0.25) is 0 Å². The molecule has 5 heavy (non-hydrogen) atoms. The van der Waals surface area contributed by atoms with Crippen LogP contribution >= 0.6 is 0 Å². The minimum Gasteiger partial charge on any atom is -0.412 e. The highest BCUT2D eigenvalue weighted by atomic mass is 28.3. The lowest BCUT2D eigenvalue weighted by Gasteiger charge is -1.86. The Bertz CT molecular complexity index is 17.1. The molecule has 0 atom stereocenters. The molecule has 0 amide bonds. The van der Waals surface area contributed by atoms with Gasteiger partial charge in [-0.2, -0.15) is 0 Å². The predicted octanol–water partition coefficient (Wildman–Crippen LogP) is -2.50. The van der Waals surface area contributed by atoms with E-state index in [0.29, 0.717) is 0 Å². The summed E-state index contributed by atoms with van der Waals surface area (Å²) >= 11 is 0. The van der Waals surface area contributed by atoms with Crippen LogP contribution in [0.5, 0.6) is 0 Å². The molecular formula is CH9NOSi2. The second kappa shape index (κ2) is 4.35. The smallest absolute Gasteiger partial charge is 0.228 e. The molecule has 0 spiro atoms. The lowest BCUT2D eigenvalue weighted by atomic mass is 11.8. The maximum Gasteiger partial charge on any atom is 0.228 e. The lowest BCUT2D eigenvalue weighted by molar-refractivity contribution is 0.439. The molecule has 0 fully saturated rings. The van der Waals surface area contributed by atoms with Gasteiger partial charge >= 0.3 is 0 Å². The van der Waals surface area contributed by atoms with E-state index < -0.39 is 0 Å². The van der Waals surface area contributed by atoms with Crippen LogP contribution in [0.4, 0.5) is 0 Å². The molecule has 0 heterocycles. The maximum atomic E-state index is 4.75. The first kappa shape index (κ1) is 5.35. The summed E-state index contributed by atoms with van der Waals surface area (Å²) in [6.45, 7) is 0. The van der Waals surface area contributed by atoms with E-state index in [4.69, 9.17) is 4.43 Å². The van der Waals surface area contributed by atoms with Crippen molar-refractivity contribution >= 4 is 20.3 Å². The minimum atomic E-state index is -0.256. The molecule has 2 nitrogen and oxygen atoms in total. The standard InChI is InChI=1S/CH9NOSi2/c1-3-5-2-4/h2H,5H2,1,4H3. The van der Waals surface area contributed by atoms with Gasteiger partial charge < -0.3 is 9.07 Å². The van der Waals surface area contributed by atoms with Gasteiger partial charge in [-0.25, -0.2) is 0 Å². The predicted molar refractivity (Wildman–Crippen MR) is 28.6 cm³/mol. The van der Waals surface area contributed by atoms with E-state index >= 15 is 0 Å². The number of rotatable bonds is 2. The van der Waals surface area contributed by atoms with Gasteiger partial charge in [-0.1, -0.05) is 0 Å². The van der Waals surface area contributed by atoms with Crippen LogP contribution in [0.1, 0.15) is 0 Å². The fraction of sp³-hybridized carbons (Fsp3) is 1.00. The molecule has 0 saturated heterocycles. The Labute approximate surface area is 37.4 Å². The molecule has 0 aromatic rings. The Kier molecular flexibility index (Phi) is 4.66. The molecule has 32 valence electrons. The van der Waals surface area contributed by atoms with Gasteiger partial charge in [-0.05, 0) is 0 Å². The molecule has 0 aliphatic heterocycles.